The van der Waals surface area contributed by atoms with E-state index in [1.54, 1.807) is 6.26 Å². The van der Waals surface area contributed by atoms with Crippen LogP contribution in [0.1, 0.15) is 31.2 Å². The van der Waals surface area contributed by atoms with E-state index in [4.69, 9.17) is 4.74 Å². The van der Waals surface area contributed by atoms with Crippen LogP contribution in [0.15, 0.2) is 24.3 Å². The van der Waals surface area contributed by atoms with Gasteiger partial charge in [0.2, 0.25) is 0 Å². The molecule has 3 unspecified atom stereocenters. The van der Waals surface area contributed by atoms with Gasteiger partial charge in [-0.25, -0.2) is 0 Å². The first-order valence-corrected chi connectivity index (χ1v) is 8.64. The first kappa shape index (κ1) is 14.5. The van der Waals surface area contributed by atoms with E-state index in [9.17, 15) is 4.21 Å². The van der Waals surface area contributed by atoms with Crippen molar-refractivity contribution in [2.75, 3.05) is 25.2 Å². The third kappa shape index (κ3) is 4.32. The Balaban J connectivity index is 1.85. The van der Waals surface area contributed by atoms with Crippen LogP contribution < -0.4 is 10.1 Å². The van der Waals surface area contributed by atoms with E-state index in [2.05, 4.69) is 24.4 Å². The number of rotatable bonds is 6. The predicted molar refractivity (Wildman–Crippen MR) is 80.3 cm³/mol. The van der Waals surface area contributed by atoms with Crippen LogP contribution in [0.5, 0.6) is 5.75 Å². The molecule has 0 bridgehead atoms. The molecule has 3 atom stereocenters. The van der Waals surface area contributed by atoms with Crippen LogP contribution in [-0.4, -0.2) is 35.4 Å². The van der Waals surface area contributed by atoms with Gasteiger partial charge in [-0.15, -0.1) is 0 Å². The summed E-state index contributed by atoms with van der Waals surface area (Å²) in [5, 5.41) is 3.56. The molecule has 2 rings (SSSR count). The van der Waals surface area contributed by atoms with E-state index in [1.165, 1.54) is 5.56 Å². The average Bonchev–Trinajstić information content (AvgIpc) is 2.42. The molecule has 1 aliphatic heterocycles. The summed E-state index contributed by atoms with van der Waals surface area (Å²) in [7, 11) is -0.691. The van der Waals surface area contributed by atoms with Gasteiger partial charge in [0.15, 0.2) is 0 Å². The van der Waals surface area contributed by atoms with Crippen LogP contribution in [0, 0.1) is 0 Å². The fourth-order valence-corrected chi connectivity index (χ4v) is 3.10. The lowest BCUT2D eigenvalue weighted by atomic mass is 9.93. The van der Waals surface area contributed by atoms with E-state index >= 15 is 0 Å². The molecular formula is C15H23NO2S. The summed E-state index contributed by atoms with van der Waals surface area (Å²) in [4.78, 5) is 0. The van der Waals surface area contributed by atoms with Gasteiger partial charge in [0.05, 0.1) is 6.61 Å². The van der Waals surface area contributed by atoms with Crippen molar-refractivity contribution in [1.29, 1.82) is 0 Å². The molecule has 3 nitrogen and oxygen atoms in total. The minimum absolute atomic E-state index is 0.416. The lowest BCUT2D eigenvalue weighted by Gasteiger charge is -2.27. The van der Waals surface area contributed by atoms with Crippen LogP contribution in [0.3, 0.4) is 0 Å². The molecular weight excluding hydrogens is 258 g/mol. The fourth-order valence-electron chi connectivity index (χ4n) is 2.42. The van der Waals surface area contributed by atoms with Crippen molar-refractivity contribution < 1.29 is 8.95 Å². The Bertz CT molecular complexity index is 436. The van der Waals surface area contributed by atoms with Crippen molar-refractivity contribution in [3.8, 4) is 5.75 Å². The topological polar surface area (TPSA) is 38.3 Å². The molecule has 1 N–H and O–H groups in total. The van der Waals surface area contributed by atoms with Crippen LogP contribution in [0.2, 0.25) is 0 Å². The van der Waals surface area contributed by atoms with Crippen molar-refractivity contribution in [3.63, 3.8) is 0 Å². The van der Waals surface area contributed by atoms with E-state index in [0.717, 1.165) is 37.5 Å². The second-order valence-corrected chi connectivity index (χ2v) is 6.80. The van der Waals surface area contributed by atoms with Crippen molar-refractivity contribution in [1.82, 2.24) is 5.32 Å². The number of hydrogen-bond acceptors (Lipinski definition) is 3. The monoisotopic (exact) mass is 281 g/mol. The molecule has 0 radical (unpaired) electrons. The molecule has 0 fully saturated rings. The maximum atomic E-state index is 11.1. The van der Waals surface area contributed by atoms with E-state index < -0.39 is 10.8 Å². The average molecular weight is 281 g/mol. The Hall–Kier alpha value is -0.870. The molecule has 1 aromatic rings. The molecule has 0 spiro atoms. The Morgan fingerprint density at radius 2 is 2.26 bits per heavy atom. The predicted octanol–water partition coefficient (Wildman–Crippen LogP) is 2.30. The molecule has 0 amide bonds. The largest absolute Gasteiger partial charge is 0.493 e. The second-order valence-electron chi connectivity index (χ2n) is 5.25. The van der Waals surface area contributed by atoms with Crippen LogP contribution in [-0.2, 0) is 10.8 Å². The lowest BCUT2D eigenvalue weighted by molar-refractivity contribution is 0.262. The zero-order valence-corrected chi connectivity index (χ0v) is 12.5. The van der Waals surface area contributed by atoms with Gasteiger partial charge >= 0.3 is 0 Å². The molecule has 1 aliphatic rings. The van der Waals surface area contributed by atoms with Gasteiger partial charge in [-0.1, -0.05) is 18.2 Å². The summed E-state index contributed by atoms with van der Waals surface area (Å²) < 4.78 is 16.8. The van der Waals surface area contributed by atoms with Crippen molar-refractivity contribution in [2.24, 2.45) is 0 Å². The first-order chi connectivity index (χ1) is 9.16. The van der Waals surface area contributed by atoms with Crippen molar-refractivity contribution >= 4 is 10.8 Å². The minimum atomic E-state index is -0.691. The summed E-state index contributed by atoms with van der Waals surface area (Å²) in [6, 6.07) is 8.72. The molecule has 106 valence electrons. The smallest absolute Gasteiger partial charge is 0.122 e. The van der Waals surface area contributed by atoms with Crippen LogP contribution in [0.25, 0.3) is 0 Å². The van der Waals surface area contributed by atoms with Crippen LogP contribution >= 0.6 is 0 Å². The Labute approximate surface area is 118 Å². The fraction of sp³-hybridized carbons (Fsp3) is 0.600. The molecule has 1 aromatic carbocycles. The molecule has 0 saturated heterocycles. The maximum absolute atomic E-state index is 11.1. The number of para-hydroxylation sites is 1. The number of ether oxygens (including phenoxy) is 1. The van der Waals surface area contributed by atoms with Crippen LogP contribution in [0.4, 0.5) is 0 Å². The normalized spacial score (nSPS) is 21.3. The van der Waals surface area contributed by atoms with Gasteiger partial charge in [-0.05, 0) is 31.4 Å². The van der Waals surface area contributed by atoms with Crippen molar-refractivity contribution in [3.05, 3.63) is 29.8 Å². The van der Waals surface area contributed by atoms with E-state index in [1.807, 2.05) is 12.1 Å². The van der Waals surface area contributed by atoms with E-state index in [-0.39, 0.29) is 0 Å². The number of benzene rings is 1. The highest BCUT2D eigenvalue weighted by Gasteiger charge is 2.21. The molecule has 4 heteroatoms. The van der Waals surface area contributed by atoms with Gasteiger partial charge in [0.25, 0.3) is 0 Å². The molecule has 19 heavy (non-hydrogen) atoms. The van der Waals surface area contributed by atoms with Gasteiger partial charge in [-0.2, -0.15) is 0 Å². The summed E-state index contributed by atoms with van der Waals surface area (Å²) in [5.41, 5.74) is 1.31. The summed E-state index contributed by atoms with van der Waals surface area (Å²) in [5.74, 6) is 2.33. The molecule has 0 saturated carbocycles. The minimum Gasteiger partial charge on any atom is -0.493 e. The Morgan fingerprint density at radius 1 is 1.47 bits per heavy atom. The standard InChI is InChI=1S/C15H23NO2S/c1-12(8-10-19(2)17)16-11-13-7-9-18-15-6-4-3-5-14(13)15/h3-6,12-13,16H,7-11H2,1-2H3. The summed E-state index contributed by atoms with van der Waals surface area (Å²) >= 11 is 0. The third-order valence-electron chi connectivity index (χ3n) is 3.63. The zero-order valence-electron chi connectivity index (χ0n) is 11.7. The zero-order chi connectivity index (χ0) is 13.7. The highest BCUT2D eigenvalue weighted by Crippen LogP contribution is 2.32. The molecule has 0 aromatic heterocycles. The number of fused-ring (bicyclic) bond motifs is 1. The van der Waals surface area contributed by atoms with Crippen molar-refractivity contribution in [2.45, 2.75) is 31.7 Å². The lowest BCUT2D eigenvalue weighted by Crippen LogP contribution is -2.33. The number of nitrogens with one attached hydrogen (secondary N) is 1. The Morgan fingerprint density at radius 3 is 3.05 bits per heavy atom. The van der Waals surface area contributed by atoms with E-state index in [0.29, 0.717) is 12.0 Å². The SMILES string of the molecule is CC(CCS(C)=O)NCC1CCOc2ccccc21. The molecule has 1 heterocycles. The number of hydrogen-bond donors (Lipinski definition) is 1. The summed E-state index contributed by atoms with van der Waals surface area (Å²) in [6.45, 7) is 3.94. The highest BCUT2D eigenvalue weighted by molar-refractivity contribution is 7.84. The van der Waals surface area contributed by atoms with Gasteiger partial charge < -0.3 is 10.1 Å². The highest BCUT2D eigenvalue weighted by atomic mass is 32.2. The second kappa shape index (κ2) is 7.06. The first-order valence-electron chi connectivity index (χ1n) is 6.92. The third-order valence-corrected chi connectivity index (χ3v) is 4.44. The maximum Gasteiger partial charge on any atom is 0.122 e. The van der Waals surface area contributed by atoms with Gasteiger partial charge in [0.1, 0.15) is 5.75 Å². The Kier molecular flexibility index (Phi) is 5.40. The molecule has 0 aliphatic carbocycles. The quantitative estimate of drug-likeness (QED) is 0.869. The van der Waals surface area contributed by atoms with Gasteiger partial charge in [0, 0.05) is 41.3 Å². The summed E-state index contributed by atoms with van der Waals surface area (Å²) in [6.07, 6.45) is 3.80. The van der Waals surface area contributed by atoms with Gasteiger partial charge in [-0.3, -0.25) is 4.21 Å².